The van der Waals surface area contributed by atoms with Gasteiger partial charge in [0.2, 0.25) is 0 Å². The van der Waals surface area contributed by atoms with Crippen LogP contribution in [-0.4, -0.2) is 34.6 Å². The van der Waals surface area contributed by atoms with Crippen molar-refractivity contribution >= 4 is 5.97 Å². The van der Waals surface area contributed by atoms with Crippen LogP contribution in [0.2, 0.25) is 0 Å². The summed E-state index contributed by atoms with van der Waals surface area (Å²) < 4.78 is 0. The number of hydrogen-bond acceptors (Lipinski definition) is 2. The highest BCUT2D eigenvalue weighted by molar-refractivity contribution is 5.75. The largest absolute Gasteiger partial charge is 0.481 e. The van der Waals surface area contributed by atoms with E-state index < -0.39 is 11.4 Å². The first-order valence-electron chi connectivity index (χ1n) is 5.28. The molecule has 0 aromatic rings. The van der Waals surface area contributed by atoms with E-state index in [2.05, 4.69) is 4.90 Å². The van der Waals surface area contributed by atoms with Gasteiger partial charge >= 0.3 is 5.97 Å². The average Bonchev–Trinajstić information content (AvgIpc) is 2.55. The van der Waals surface area contributed by atoms with Gasteiger partial charge in [0.1, 0.15) is 0 Å². The Morgan fingerprint density at radius 3 is 1.93 bits per heavy atom. The summed E-state index contributed by atoms with van der Waals surface area (Å²) in [6.45, 7) is 9.76. The molecule has 0 aromatic carbocycles. The van der Waals surface area contributed by atoms with E-state index in [1.54, 1.807) is 0 Å². The number of rotatable bonds is 3. The molecule has 1 aliphatic heterocycles. The third kappa shape index (κ3) is 1.65. The number of nitrogens with zero attached hydrogens (tertiary/aromatic N) is 1. The zero-order valence-corrected chi connectivity index (χ0v) is 9.63. The minimum Gasteiger partial charge on any atom is -0.481 e. The van der Waals surface area contributed by atoms with Crippen LogP contribution in [0.3, 0.4) is 0 Å². The monoisotopic (exact) mass is 199 g/mol. The van der Waals surface area contributed by atoms with Crippen LogP contribution in [0.4, 0.5) is 0 Å². The van der Waals surface area contributed by atoms with E-state index in [0.29, 0.717) is 0 Å². The predicted molar refractivity (Wildman–Crippen MR) is 56.3 cm³/mol. The molecule has 1 rings (SSSR count). The Morgan fingerprint density at radius 2 is 1.57 bits per heavy atom. The van der Waals surface area contributed by atoms with Crippen LogP contribution in [0.5, 0.6) is 0 Å². The van der Waals surface area contributed by atoms with E-state index in [1.807, 2.05) is 27.7 Å². The highest BCUT2D eigenvalue weighted by Gasteiger charge is 2.47. The molecule has 82 valence electrons. The van der Waals surface area contributed by atoms with Crippen molar-refractivity contribution in [1.82, 2.24) is 4.90 Å². The smallest absolute Gasteiger partial charge is 0.310 e. The Bertz CT molecular complexity index is 227. The van der Waals surface area contributed by atoms with Crippen molar-refractivity contribution in [3.63, 3.8) is 0 Å². The molecule has 0 unspecified atom stereocenters. The molecular weight excluding hydrogens is 178 g/mol. The van der Waals surface area contributed by atoms with Crippen molar-refractivity contribution in [1.29, 1.82) is 0 Å². The maximum atomic E-state index is 11.2. The van der Waals surface area contributed by atoms with E-state index >= 15 is 0 Å². The van der Waals surface area contributed by atoms with E-state index in [4.69, 9.17) is 0 Å². The first-order chi connectivity index (χ1) is 6.30. The zero-order valence-electron chi connectivity index (χ0n) is 9.63. The van der Waals surface area contributed by atoms with Crippen molar-refractivity contribution in [3.8, 4) is 0 Å². The molecule has 3 heteroatoms. The van der Waals surface area contributed by atoms with Gasteiger partial charge in [-0.1, -0.05) is 0 Å². The fraction of sp³-hybridized carbons (Fsp3) is 0.909. The second-order valence-corrected chi connectivity index (χ2v) is 5.18. The van der Waals surface area contributed by atoms with Crippen molar-refractivity contribution in [2.24, 2.45) is 5.41 Å². The summed E-state index contributed by atoms with van der Waals surface area (Å²) in [6.07, 6.45) is 2.39. The molecule has 0 aliphatic carbocycles. The molecular formula is C11H21NO2. The van der Waals surface area contributed by atoms with Gasteiger partial charge in [0.25, 0.3) is 0 Å². The highest BCUT2D eigenvalue weighted by atomic mass is 16.4. The van der Waals surface area contributed by atoms with Crippen LogP contribution in [0.15, 0.2) is 0 Å². The summed E-state index contributed by atoms with van der Waals surface area (Å²) in [4.78, 5) is 13.5. The third-order valence-electron chi connectivity index (χ3n) is 3.96. The molecule has 0 amide bonds. The normalized spacial score (nSPS) is 20.0. The van der Waals surface area contributed by atoms with Gasteiger partial charge < -0.3 is 5.11 Å². The lowest BCUT2D eigenvalue weighted by atomic mass is 9.73. The highest BCUT2D eigenvalue weighted by Crippen LogP contribution is 2.37. The van der Waals surface area contributed by atoms with Crippen LogP contribution >= 0.6 is 0 Å². The van der Waals surface area contributed by atoms with E-state index in [1.165, 1.54) is 12.8 Å². The molecule has 0 aromatic heterocycles. The first kappa shape index (κ1) is 11.5. The number of likely N-dealkylation sites (tertiary alicyclic amines) is 1. The lowest BCUT2D eigenvalue weighted by Crippen LogP contribution is -2.56. The second-order valence-electron chi connectivity index (χ2n) is 5.18. The topological polar surface area (TPSA) is 40.5 Å². The summed E-state index contributed by atoms with van der Waals surface area (Å²) in [7, 11) is 0. The SMILES string of the molecule is CC(C)(C(=O)O)C(C)(C)N1CCCC1. The Hall–Kier alpha value is -0.570. The Labute approximate surface area is 86.1 Å². The molecule has 1 heterocycles. The number of carboxylic acid groups (broad SMARTS) is 1. The van der Waals surface area contributed by atoms with Gasteiger partial charge in [-0.05, 0) is 53.6 Å². The molecule has 0 bridgehead atoms. The Kier molecular flexibility index (Phi) is 2.91. The standard InChI is InChI=1S/C11H21NO2/c1-10(2,9(13)14)11(3,4)12-7-5-6-8-12/h5-8H2,1-4H3,(H,13,14). The van der Waals surface area contributed by atoms with Crippen molar-refractivity contribution in [2.75, 3.05) is 13.1 Å². The van der Waals surface area contributed by atoms with Crippen LogP contribution < -0.4 is 0 Å². The van der Waals surface area contributed by atoms with Crippen molar-refractivity contribution in [3.05, 3.63) is 0 Å². The fourth-order valence-electron chi connectivity index (χ4n) is 1.93. The van der Waals surface area contributed by atoms with Crippen molar-refractivity contribution in [2.45, 2.75) is 46.1 Å². The second kappa shape index (κ2) is 3.54. The number of aliphatic carboxylic acids is 1. The summed E-state index contributed by atoms with van der Waals surface area (Å²) in [6, 6.07) is 0. The number of carboxylic acids is 1. The minimum absolute atomic E-state index is 0.269. The van der Waals surface area contributed by atoms with Crippen LogP contribution in [0.1, 0.15) is 40.5 Å². The Balaban J connectivity index is 2.86. The van der Waals surface area contributed by atoms with Gasteiger partial charge in [-0.25, -0.2) is 0 Å². The summed E-state index contributed by atoms with van der Waals surface area (Å²) in [5.74, 6) is -0.714. The fourth-order valence-corrected chi connectivity index (χ4v) is 1.93. The first-order valence-corrected chi connectivity index (χ1v) is 5.28. The van der Waals surface area contributed by atoms with E-state index in [-0.39, 0.29) is 5.54 Å². The molecule has 1 aliphatic rings. The van der Waals surface area contributed by atoms with Crippen molar-refractivity contribution < 1.29 is 9.90 Å². The number of hydrogen-bond donors (Lipinski definition) is 1. The van der Waals surface area contributed by atoms with Gasteiger partial charge in [-0.15, -0.1) is 0 Å². The Morgan fingerprint density at radius 1 is 1.14 bits per heavy atom. The maximum absolute atomic E-state index is 11.2. The van der Waals surface area contributed by atoms with Crippen LogP contribution in [-0.2, 0) is 4.79 Å². The predicted octanol–water partition coefficient (Wildman–Crippen LogP) is 1.97. The number of carbonyl (C=O) groups is 1. The zero-order chi connectivity index (χ0) is 11.0. The molecule has 3 nitrogen and oxygen atoms in total. The third-order valence-corrected chi connectivity index (χ3v) is 3.96. The molecule has 0 spiro atoms. The summed E-state index contributed by atoms with van der Waals surface area (Å²) in [5.41, 5.74) is -0.966. The van der Waals surface area contributed by atoms with Crippen LogP contribution in [0.25, 0.3) is 0 Å². The van der Waals surface area contributed by atoms with Crippen LogP contribution in [0, 0.1) is 5.41 Å². The lowest BCUT2D eigenvalue weighted by Gasteiger charge is -2.45. The quantitative estimate of drug-likeness (QED) is 0.755. The van der Waals surface area contributed by atoms with E-state index in [0.717, 1.165) is 13.1 Å². The lowest BCUT2D eigenvalue weighted by molar-refractivity contribution is -0.155. The minimum atomic E-state index is -0.714. The van der Waals surface area contributed by atoms with Gasteiger partial charge in [0.05, 0.1) is 5.41 Å². The van der Waals surface area contributed by atoms with Gasteiger partial charge in [-0.2, -0.15) is 0 Å². The van der Waals surface area contributed by atoms with Gasteiger partial charge in [-0.3, -0.25) is 9.69 Å². The summed E-state index contributed by atoms with van der Waals surface area (Å²) in [5, 5.41) is 9.21. The summed E-state index contributed by atoms with van der Waals surface area (Å²) >= 11 is 0. The average molecular weight is 199 g/mol. The maximum Gasteiger partial charge on any atom is 0.310 e. The molecule has 1 N–H and O–H groups in total. The molecule has 14 heavy (non-hydrogen) atoms. The van der Waals surface area contributed by atoms with Gasteiger partial charge in [0, 0.05) is 5.54 Å². The van der Waals surface area contributed by atoms with Gasteiger partial charge in [0.15, 0.2) is 0 Å². The van der Waals surface area contributed by atoms with E-state index in [9.17, 15) is 9.90 Å². The molecule has 0 atom stereocenters. The molecule has 0 saturated carbocycles. The molecule has 1 saturated heterocycles. The molecule has 1 fully saturated rings. The molecule has 0 radical (unpaired) electrons.